The number of aliphatic imine (C=N–C) groups is 1. The molecule has 1 aromatic carbocycles. The highest BCUT2D eigenvalue weighted by Crippen LogP contribution is 2.18. The summed E-state index contributed by atoms with van der Waals surface area (Å²) in [6.07, 6.45) is 1.85. The van der Waals surface area contributed by atoms with Crippen molar-refractivity contribution in [1.82, 2.24) is 15.2 Å². The maximum atomic E-state index is 5.45. The van der Waals surface area contributed by atoms with Crippen molar-refractivity contribution < 1.29 is 4.74 Å². The Morgan fingerprint density at radius 2 is 1.96 bits per heavy atom. The van der Waals surface area contributed by atoms with Crippen LogP contribution in [-0.4, -0.2) is 56.2 Å². The minimum Gasteiger partial charge on any atom is -0.378 e. The highest BCUT2D eigenvalue weighted by atomic mass is 16.5. The van der Waals surface area contributed by atoms with Crippen molar-refractivity contribution >= 4 is 11.8 Å². The predicted molar refractivity (Wildman–Crippen MR) is 105 cm³/mol. The Balaban J connectivity index is 1.63. The number of guanidine groups is 1. The quantitative estimate of drug-likeness (QED) is 0.659. The summed E-state index contributed by atoms with van der Waals surface area (Å²) in [7, 11) is 3.87. The molecule has 0 saturated carbocycles. The van der Waals surface area contributed by atoms with E-state index in [9.17, 15) is 0 Å². The van der Waals surface area contributed by atoms with Gasteiger partial charge in [-0.25, -0.2) is 4.98 Å². The van der Waals surface area contributed by atoms with Crippen LogP contribution in [0.15, 0.2) is 53.7 Å². The molecule has 0 amide bonds. The molecule has 0 radical (unpaired) electrons. The summed E-state index contributed by atoms with van der Waals surface area (Å²) < 4.78 is 5.45. The van der Waals surface area contributed by atoms with E-state index in [1.807, 2.05) is 25.4 Å². The Labute approximate surface area is 155 Å². The first-order valence-corrected chi connectivity index (χ1v) is 9.00. The lowest BCUT2D eigenvalue weighted by molar-refractivity contribution is 0.122. The Morgan fingerprint density at radius 3 is 2.69 bits per heavy atom. The average molecular weight is 353 g/mol. The van der Waals surface area contributed by atoms with E-state index in [4.69, 9.17) is 4.74 Å². The van der Waals surface area contributed by atoms with Crippen LogP contribution in [0.4, 0.5) is 5.82 Å². The number of nitrogens with one attached hydrogen (secondary N) is 1. The fraction of sp³-hybridized carbons (Fsp3) is 0.400. The number of anilines is 1. The van der Waals surface area contributed by atoms with E-state index < -0.39 is 0 Å². The Morgan fingerprint density at radius 1 is 1.19 bits per heavy atom. The molecule has 3 rings (SSSR count). The first kappa shape index (κ1) is 18.2. The summed E-state index contributed by atoms with van der Waals surface area (Å²) in [5, 5.41) is 3.46. The minimum absolute atomic E-state index is 0.687. The second-order valence-corrected chi connectivity index (χ2v) is 6.33. The molecule has 1 aliphatic heterocycles. The number of morpholine rings is 1. The molecule has 1 aromatic heterocycles. The summed E-state index contributed by atoms with van der Waals surface area (Å²) >= 11 is 0. The topological polar surface area (TPSA) is 53.0 Å². The molecule has 1 fully saturated rings. The SMILES string of the molecule is CN=C(NCc1cccnc1N1CCOCC1)N(C)Cc1ccccc1. The first-order valence-electron chi connectivity index (χ1n) is 9.00. The van der Waals surface area contributed by atoms with Gasteiger partial charge in [0.25, 0.3) is 0 Å². The molecular formula is C20H27N5O. The lowest BCUT2D eigenvalue weighted by atomic mass is 10.2. The third-order valence-corrected chi connectivity index (χ3v) is 4.45. The summed E-state index contributed by atoms with van der Waals surface area (Å²) in [5.74, 6) is 1.90. The molecule has 26 heavy (non-hydrogen) atoms. The van der Waals surface area contributed by atoms with Crippen molar-refractivity contribution in [2.75, 3.05) is 45.3 Å². The number of hydrogen-bond donors (Lipinski definition) is 1. The summed E-state index contributed by atoms with van der Waals surface area (Å²) in [5.41, 5.74) is 2.43. The van der Waals surface area contributed by atoms with Crippen LogP contribution in [-0.2, 0) is 17.8 Å². The number of hydrogen-bond acceptors (Lipinski definition) is 4. The lowest BCUT2D eigenvalue weighted by Crippen LogP contribution is -2.40. The van der Waals surface area contributed by atoms with Crippen LogP contribution in [0.3, 0.4) is 0 Å². The zero-order valence-electron chi connectivity index (χ0n) is 15.6. The predicted octanol–water partition coefficient (Wildman–Crippen LogP) is 2.13. The standard InChI is InChI=1S/C20H27N5O/c1-21-20(24(2)16-17-7-4-3-5-8-17)23-15-18-9-6-10-22-19(18)25-11-13-26-14-12-25/h3-10H,11-16H2,1-2H3,(H,21,23). The third-order valence-electron chi connectivity index (χ3n) is 4.45. The largest absolute Gasteiger partial charge is 0.378 e. The van der Waals surface area contributed by atoms with Gasteiger partial charge in [0, 0.05) is 52.0 Å². The third kappa shape index (κ3) is 4.73. The number of ether oxygens (including phenoxy) is 1. The van der Waals surface area contributed by atoms with Crippen LogP contribution >= 0.6 is 0 Å². The van der Waals surface area contributed by atoms with E-state index in [2.05, 4.69) is 62.5 Å². The zero-order chi connectivity index (χ0) is 18.2. The Bertz CT molecular complexity index is 713. The number of aromatic nitrogens is 1. The Hall–Kier alpha value is -2.60. The van der Waals surface area contributed by atoms with E-state index in [0.717, 1.165) is 44.6 Å². The molecule has 0 unspecified atom stereocenters. The van der Waals surface area contributed by atoms with Crippen molar-refractivity contribution in [3.05, 3.63) is 59.8 Å². The van der Waals surface area contributed by atoms with Crippen LogP contribution in [0.5, 0.6) is 0 Å². The molecule has 1 aliphatic rings. The van der Waals surface area contributed by atoms with Gasteiger partial charge in [0.2, 0.25) is 0 Å². The van der Waals surface area contributed by atoms with E-state index in [0.29, 0.717) is 6.54 Å². The van der Waals surface area contributed by atoms with E-state index >= 15 is 0 Å². The summed E-state index contributed by atoms with van der Waals surface area (Å²) in [6.45, 7) is 4.77. The molecule has 2 heterocycles. The first-order chi connectivity index (χ1) is 12.8. The number of rotatable bonds is 5. The zero-order valence-corrected chi connectivity index (χ0v) is 15.6. The van der Waals surface area contributed by atoms with Gasteiger partial charge in [-0.15, -0.1) is 0 Å². The van der Waals surface area contributed by atoms with Gasteiger partial charge in [0.15, 0.2) is 5.96 Å². The molecule has 0 bridgehead atoms. The normalized spacial score (nSPS) is 15.0. The van der Waals surface area contributed by atoms with Crippen LogP contribution < -0.4 is 10.2 Å². The Kier molecular flexibility index (Phi) is 6.44. The maximum Gasteiger partial charge on any atom is 0.193 e. The lowest BCUT2D eigenvalue weighted by Gasteiger charge is -2.30. The molecule has 138 valence electrons. The van der Waals surface area contributed by atoms with Crippen molar-refractivity contribution in [1.29, 1.82) is 0 Å². The van der Waals surface area contributed by atoms with E-state index in [1.165, 1.54) is 11.1 Å². The van der Waals surface area contributed by atoms with Crippen molar-refractivity contribution in [3.8, 4) is 0 Å². The second-order valence-electron chi connectivity index (χ2n) is 6.33. The fourth-order valence-corrected chi connectivity index (χ4v) is 3.12. The number of nitrogens with zero attached hydrogens (tertiary/aromatic N) is 4. The van der Waals surface area contributed by atoms with Gasteiger partial charge in [0.1, 0.15) is 5.82 Å². The summed E-state index contributed by atoms with van der Waals surface area (Å²) in [6, 6.07) is 14.5. The molecular weight excluding hydrogens is 326 g/mol. The fourth-order valence-electron chi connectivity index (χ4n) is 3.12. The van der Waals surface area contributed by atoms with Gasteiger partial charge in [-0.3, -0.25) is 4.99 Å². The maximum absolute atomic E-state index is 5.45. The molecule has 0 aliphatic carbocycles. The van der Waals surface area contributed by atoms with E-state index in [1.54, 1.807) is 0 Å². The smallest absolute Gasteiger partial charge is 0.193 e. The molecule has 1 saturated heterocycles. The van der Waals surface area contributed by atoms with Crippen molar-refractivity contribution in [2.45, 2.75) is 13.1 Å². The highest BCUT2D eigenvalue weighted by Gasteiger charge is 2.16. The molecule has 1 N–H and O–H groups in total. The van der Waals surface area contributed by atoms with E-state index in [-0.39, 0.29) is 0 Å². The van der Waals surface area contributed by atoms with Gasteiger partial charge < -0.3 is 19.9 Å². The van der Waals surface area contributed by atoms with Crippen LogP contribution in [0, 0.1) is 0 Å². The summed E-state index contributed by atoms with van der Waals surface area (Å²) in [4.78, 5) is 13.4. The molecule has 6 nitrogen and oxygen atoms in total. The van der Waals surface area contributed by atoms with Gasteiger partial charge in [0.05, 0.1) is 13.2 Å². The van der Waals surface area contributed by atoms with Gasteiger partial charge in [-0.2, -0.15) is 0 Å². The molecule has 6 heteroatoms. The average Bonchev–Trinajstić information content (AvgIpc) is 2.70. The molecule has 0 atom stereocenters. The van der Waals surface area contributed by atoms with Crippen LogP contribution in [0.1, 0.15) is 11.1 Å². The monoisotopic (exact) mass is 353 g/mol. The second kappa shape index (κ2) is 9.20. The van der Waals surface area contributed by atoms with Crippen LogP contribution in [0.25, 0.3) is 0 Å². The number of pyridine rings is 1. The highest BCUT2D eigenvalue weighted by molar-refractivity contribution is 5.79. The molecule has 0 spiro atoms. The van der Waals surface area contributed by atoms with Gasteiger partial charge >= 0.3 is 0 Å². The van der Waals surface area contributed by atoms with Crippen molar-refractivity contribution in [2.24, 2.45) is 4.99 Å². The van der Waals surface area contributed by atoms with Gasteiger partial charge in [-0.05, 0) is 11.6 Å². The minimum atomic E-state index is 0.687. The number of benzene rings is 1. The molecule has 2 aromatic rings. The van der Waals surface area contributed by atoms with Crippen LogP contribution in [0.2, 0.25) is 0 Å². The van der Waals surface area contributed by atoms with Crippen molar-refractivity contribution in [3.63, 3.8) is 0 Å². The van der Waals surface area contributed by atoms with Gasteiger partial charge in [-0.1, -0.05) is 36.4 Å².